The summed E-state index contributed by atoms with van der Waals surface area (Å²) in [6, 6.07) is -0.925. The van der Waals surface area contributed by atoms with Crippen LogP contribution in [0.25, 0.3) is 0 Å². The summed E-state index contributed by atoms with van der Waals surface area (Å²) >= 11 is 1.66. The van der Waals surface area contributed by atoms with Crippen LogP contribution in [0.1, 0.15) is 47.0 Å². The molecule has 1 aliphatic rings. The van der Waals surface area contributed by atoms with Crippen LogP contribution in [0.4, 0.5) is 4.79 Å². The average molecular weight is 333 g/mol. The first-order valence-electron chi connectivity index (χ1n) is 7.63. The second kappa shape index (κ2) is 8.62. The molecule has 0 bridgehead atoms. The minimum absolute atomic E-state index is 0.266. The van der Waals surface area contributed by atoms with E-state index in [-0.39, 0.29) is 6.10 Å². The lowest BCUT2D eigenvalue weighted by Crippen LogP contribution is -2.43. The van der Waals surface area contributed by atoms with E-state index in [2.05, 4.69) is 12.2 Å². The van der Waals surface area contributed by atoms with Crippen LogP contribution in [0.15, 0.2) is 0 Å². The first-order chi connectivity index (χ1) is 10.2. The molecule has 7 heteroatoms. The number of nitrogens with one attached hydrogen (secondary N) is 1. The quantitative estimate of drug-likeness (QED) is 0.697. The molecule has 3 atom stereocenters. The zero-order valence-electron chi connectivity index (χ0n) is 13.8. The molecular formula is C15H27NO5S. The smallest absolute Gasteiger partial charge is 0.408 e. The highest BCUT2D eigenvalue weighted by molar-refractivity contribution is 7.99. The summed E-state index contributed by atoms with van der Waals surface area (Å²) in [7, 11) is 0. The number of carbonyl (C=O) groups excluding carboxylic acids is 1. The third-order valence-corrected chi connectivity index (χ3v) is 4.30. The van der Waals surface area contributed by atoms with E-state index in [0.29, 0.717) is 18.3 Å². The summed E-state index contributed by atoms with van der Waals surface area (Å²) in [5, 5.41) is 11.6. The number of alkyl carbamates (subject to hydrolysis) is 1. The number of ether oxygens (including phenoxy) is 2. The van der Waals surface area contributed by atoms with Crippen molar-refractivity contribution in [3.63, 3.8) is 0 Å². The SMILES string of the molecule is CC1CCC(CSCCC(NC(=O)OC(C)(C)C)C(=O)O)O1. The van der Waals surface area contributed by atoms with Crippen LogP contribution < -0.4 is 5.32 Å². The van der Waals surface area contributed by atoms with Crippen molar-refractivity contribution in [1.82, 2.24) is 5.32 Å². The van der Waals surface area contributed by atoms with Gasteiger partial charge >= 0.3 is 12.1 Å². The van der Waals surface area contributed by atoms with Crippen LogP contribution in [-0.4, -0.2) is 52.5 Å². The Labute approximate surface area is 136 Å². The van der Waals surface area contributed by atoms with Gasteiger partial charge in [-0.15, -0.1) is 0 Å². The molecule has 1 aliphatic heterocycles. The summed E-state index contributed by atoms with van der Waals surface area (Å²) in [6.45, 7) is 7.28. The molecule has 0 aromatic carbocycles. The second-order valence-corrected chi connectivity index (χ2v) is 7.70. The fourth-order valence-corrected chi connectivity index (χ4v) is 3.21. The molecule has 0 aliphatic carbocycles. The molecule has 0 saturated carbocycles. The summed E-state index contributed by atoms with van der Waals surface area (Å²) in [4.78, 5) is 22.8. The third-order valence-electron chi connectivity index (χ3n) is 3.16. The van der Waals surface area contributed by atoms with E-state index in [1.165, 1.54) is 0 Å². The zero-order valence-corrected chi connectivity index (χ0v) is 14.6. The summed E-state index contributed by atoms with van der Waals surface area (Å²) < 4.78 is 10.8. The number of aliphatic carboxylic acids is 1. The molecule has 2 N–H and O–H groups in total. The molecule has 22 heavy (non-hydrogen) atoms. The molecule has 0 spiro atoms. The van der Waals surface area contributed by atoms with Gasteiger partial charge in [0.1, 0.15) is 11.6 Å². The van der Waals surface area contributed by atoms with E-state index < -0.39 is 23.7 Å². The third kappa shape index (κ3) is 7.89. The van der Waals surface area contributed by atoms with Gasteiger partial charge in [-0.1, -0.05) is 0 Å². The van der Waals surface area contributed by atoms with Crippen molar-refractivity contribution in [3.05, 3.63) is 0 Å². The highest BCUT2D eigenvalue weighted by atomic mass is 32.2. The number of carbonyl (C=O) groups is 2. The number of rotatable bonds is 7. The lowest BCUT2D eigenvalue weighted by atomic mass is 10.2. The lowest BCUT2D eigenvalue weighted by Gasteiger charge is -2.22. The van der Waals surface area contributed by atoms with Crippen molar-refractivity contribution < 1.29 is 24.2 Å². The van der Waals surface area contributed by atoms with Gasteiger partial charge in [0.2, 0.25) is 0 Å². The van der Waals surface area contributed by atoms with Crippen LogP contribution in [0.3, 0.4) is 0 Å². The van der Waals surface area contributed by atoms with Crippen LogP contribution in [-0.2, 0) is 14.3 Å². The largest absolute Gasteiger partial charge is 0.480 e. The van der Waals surface area contributed by atoms with Gasteiger partial charge in [-0.25, -0.2) is 9.59 Å². The fraction of sp³-hybridized carbons (Fsp3) is 0.867. The van der Waals surface area contributed by atoms with E-state index in [4.69, 9.17) is 14.6 Å². The first kappa shape index (κ1) is 19.1. The Morgan fingerprint density at radius 2 is 2.09 bits per heavy atom. The first-order valence-corrected chi connectivity index (χ1v) is 8.78. The Morgan fingerprint density at radius 1 is 1.41 bits per heavy atom. The monoisotopic (exact) mass is 333 g/mol. The highest BCUT2D eigenvalue weighted by Crippen LogP contribution is 2.22. The summed E-state index contributed by atoms with van der Waals surface area (Å²) in [5.41, 5.74) is -0.640. The molecule has 0 aromatic heterocycles. The number of thioether (sulfide) groups is 1. The van der Waals surface area contributed by atoms with E-state index in [0.717, 1.165) is 18.6 Å². The predicted molar refractivity (Wildman–Crippen MR) is 86.3 cm³/mol. The van der Waals surface area contributed by atoms with Gasteiger partial charge in [0.25, 0.3) is 0 Å². The molecule has 1 fully saturated rings. The van der Waals surface area contributed by atoms with Gasteiger partial charge < -0.3 is 19.9 Å². The molecule has 6 nitrogen and oxygen atoms in total. The molecule has 1 amide bonds. The zero-order chi connectivity index (χ0) is 16.8. The van der Waals surface area contributed by atoms with Crippen molar-refractivity contribution in [2.75, 3.05) is 11.5 Å². The predicted octanol–water partition coefficient (Wildman–Crippen LogP) is 2.66. The summed E-state index contributed by atoms with van der Waals surface area (Å²) in [5.74, 6) is 0.474. The van der Waals surface area contributed by atoms with E-state index in [1.54, 1.807) is 32.5 Å². The molecule has 0 aromatic rings. The van der Waals surface area contributed by atoms with Crippen LogP contribution >= 0.6 is 11.8 Å². The molecule has 1 rings (SSSR count). The number of hydrogen-bond donors (Lipinski definition) is 2. The number of hydrogen-bond acceptors (Lipinski definition) is 5. The minimum atomic E-state index is -1.04. The molecule has 1 saturated heterocycles. The number of carboxylic acid groups (broad SMARTS) is 1. The molecule has 0 radical (unpaired) electrons. The molecule has 128 valence electrons. The lowest BCUT2D eigenvalue weighted by molar-refractivity contribution is -0.139. The number of carboxylic acids is 1. The molecule has 1 heterocycles. The maximum atomic E-state index is 11.6. The van der Waals surface area contributed by atoms with Gasteiger partial charge in [-0.05, 0) is 52.7 Å². The van der Waals surface area contributed by atoms with Crippen LogP contribution in [0, 0.1) is 0 Å². The van der Waals surface area contributed by atoms with Gasteiger partial charge in [0, 0.05) is 5.75 Å². The van der Waals surface area contributed by atoms with Gasteiger partial charge in [-0.3, -0.25) is 0 Å². The summed E-state index contributed by atoms with van der Waals surface area (Å²) in [6.07, 6.45) is 2.41. The van der Waals surface area contributed by atoms with Crippen LogP contribution in [0.5, 0.6) is 0 Å². The van der Waals surface area contributed by atoms with E-state index >= 15 is 0 Å². The maximum Gasteiger partial charge on any atom is 0.408 e. The Kier molecular flexibility index (Phi) is 7.48. The molecule has 3 unspecified atom stereocenters. The Bertz CT molecular complexity index is 383. The fourth-order valence-electron chi connectivity index (χ4n) is 2.13. The van der Waals surface area contributed by atoms with E-state index in [9.17, 15) is 9.59 Å². The number of amides is 1. The van der Waals surface area contributed by atoms with E-state index in [1.807, 2.05) is 0 Å². The standard InChI is InChI=1S/C15H27NO5S/c1-10-5-6-11(20-10)9-22-8-7-12(13(17)18)16-14(19)21-15(2,3)4/h10-12H,5-9H2,1-4H3,(H,16,19)(H,17,18). The minimum Gasteiger partial charge on any atom is -0.480 e. The second-order valence-electron chi connectivity index (χ2n) is 6.55. The Hall–Kier alpha value is -0.950. The van der Waals surface area contributed by atoms with Crippen molar-refractivity contribution in [1.29, 1.82) is 0 Å². The van der Waals surface area contributed by atoms with Gasteiger partial charge in [0.15, 0.2) is 0 Å². The average Bonchev–Trinajstić information content (AvgIpc) is 2.76. The van der Waals surface area contributed by atoms with Crippen molar-refractivity contribution in [3.8, 4) is 0 Å². The van der Waals surface area contributed by atoms with Gasteiger partial charge in [-0.2, -0.15) is 11.8 Å². The van der Waals surface area contributed by atoms with Crippen LogP contribution in [0.2, 0.25) is 0 Å². The van der Waals surface area contributed by atoms with Gasteiger partial charge in [0.05, 0.1) is 12.2 Å². The normalized spacial score (nSPS) is 23.1. The maximum absolute atomic E-state index is 11.6. The highest BCUT2D eigenvalue weighted by Gasteiger charge is 2.25. The topological polar surface area (TPSA) is 84.9 Å². The van der Waals surface area contributed by atoms with Crippen molar-refractivity contribution in [2.24, 2.45) is 0 Å². The van der Waals surface area contributed by atoms with Crippen molar-refractivity contribution in [2.45, 2.75) is 70.8 Å². The Morgan fingerprint density at radius 3 is 2.59 bits per heavy atom. The van der Waals surface area contributed by atoms with Crippen molar-refractivity contribution >= 4 is 23.8 Å². The molecular weight excluding hydrogens is 306 g/mol. The Balaban J connectivity index is 2.26.